The van der Waals surface area contributed by atoms with Gasteiger partial charge in [0.05, 0.1) is 0 Å². The Bertz CT molecular complexity index is 288. The fourth-order valence-electron chi connectivity index (χ4n) is 2.57. The topological polar surface area (TPSA) is 39.8 Å². The van der Waals surface area contributed by atoms with E-state index < -0.39 is 0 Å². The second-order valence-corrected chi connectivity index (χ2v) is 5.01. The molecule has 0 aromatic carbocycles. The van der Waals surface area contributed by atoms with Crippen molar-refractivity contribution in [2.75, 3.05) is 26.7 Å². The first kappa shape index (κ1) is 11.7. The molecule has 0 aliphatic heterocycles. The van der Waals surface area contributed by atoms with Gasteiger partial charge in [-0.1, -0.05) is 6.42 Å². The van der Waals surface area contributed by atoms with Crippen molar-refractivity contribution in [3.63, 3.8) is 0 Å². The lowest BCUT2D eigenvalue weighted by molar-refractivity contribution is 0.131. The molecule has 1 fully saturated rings. The predicted octanol–water partition coefficient (Wildman–Crippen LogP) is 1.54. The van der Waals surface area contributed by atoms with E-state index >= 15 is 0 Å². The summed E-state index contributed by atoms with van der Waals surface area (Å²) in [6.07, 6.45) is 7.25. The van der Waals surface area contributed by atoms with Crippen LogP contribution in [0.5, 0.6) is 0 Å². The van der Waals surface area contributed by atoms with Crippen LogP contribution >= 0.6 is 0 Å². The van der Waals surface area contributed by atoms with Crippen LogP contribution in [0, 0.1) is 5.41 Å². The average molecular weight is 221 g/mol. The van der Waals surface area contributed by atoms with E-state index in [9.17, 15) is 0 Å². The van der Waals surface area contributed by atoms with Crippen LogP contribution in [0.15, 0.2) is 18.3 Å². The largest absolute Gasteiger partial charge is 0.365 e. The molecule has 3 nitrogen and oxygen atoms in total. The Balaban J connectivity index is 1.63. The second-order valence-electron chi connectivity index (χ2n) is 5.01. The maximum Gasteiger partial charge on any atom is 0.0159 e. The molecule has 1 aliphatic carbocycles. The summed E-state index contributed by atoms with van der Waals surface area (Å²) in [7, 11) is 2.05. The lowest BCUT2D eigenvalue weighted by Gasteiger charge is -2.42. The number of aromatic amines is 1. The van der Waals surface area contributed by atoms with Gasteiger partial charge in [0.15, 0.2) is 0 Å². The van der Waals surface area contributed by atoms with Crippen LogP contribution < -0.4 is 10.6 Å². The van der Waals surface area contributed by atoms with Crippen LogP contribution in [-0.4, -0.2) is 31.7 Å². The predicted molar refractivity (Wildman–Crippen MR) is 67.6 cm³/mol. The molecule has 1 aromatic heterocycles. The second kappa shape index (κ2) is 5.51. The zero-order chi connectivity index (χ0) is 11.3. The highest BCUT2D eigenvalue weighted by atomic mass is 14.9. The lowest BCUT2D eigenvalue weighted by Crippen LogP contribution is -2.46. The van der Waals surface area contributed by atoms with Crippen molar-refractivity contribution in [2.24, 2.45) is 5.41 Å². The molecule has 0 radical (unpaired) electrons. The number of H-pyrrole nitrogens is 1. The molecule has 0 atom stereocenters. The first-order chi connectivity index (χ1) is 7.85. The van der Waals surface area contributed by atoms with Gasteiger partial charge in [-0.3, -0.25) is 0 Å². The summed E-state index contributed by atoms with van der Waals surface area (Å²) in [6, 6.07) is 4.21. The minimum atomic E-state index is 0.546. The lowest BCUT2D eigenvalue weighted by atomic mass is 9.68. The number of nitrogens with one attached hydrogen (secondary N) is 3. The van der Waals surface area contributed by atoms with Crippen molar-refractivity contribution < 1.29 is 0 Å². The quantitative estimate of drug-likeness (QED) is 0.611. The highest BCUT2D eigenvalue weighted by Crippen LogP contribution is 2.39. The van der Waals surface area contributed by atoms with Gasteiger partial charge in [0.2, 0.25) is 0 Å². The third kappa shape index (κ3) is 2.86. The number of hydrogen-bond donors (Lipinski definition) is 3. The van der Waals surface area contributed by atoms with Gasteiger partial charge in [-0.05, 0) is 43.9 Å². The molecule has 3 N–H and O–H groups in total. The van der Waals surface area contributed by atoms with Crippen molar-refractivity contribution >= 4 is 0 Å². The monoisotopic (exact) mass is 221 g/mol. The Kier molecular flexibility index (Phi) is 4.02. The molecule has 0 bridgehead atoms. The highest BCUT2D eigenvalue weighted by Gasteiger charge is 2.35. The van der Waals surface area contributed by atoms with Crippen molar-refractivity contribution in [3.05, 3.63) is 24.0 Å². The van der Waals surface area contributed by atoms with E-state index in [-0.39, 0.29) is 0 Å². The third-order valence-electron chi connectivity index (χ3n) is 3.70. The molecule has 1 aliphatic rings. The maximum atomic E-state index is 3.59. The Morgan fingerprint density at radius 2 is 2.25 bits per heavy atom. The fraction of sp³-hybridized carbons (Fsp3) is 0.692. The Hall–Kier alpha value is -0.800. The molecule has 1 saturated carbocycles. The van der Waals surface area contributed by atoms with Gasteiger partial charge in [0.1, 0.15) is 0 Å². The molecule has 0 spiro atoms. The summed E-state index contributed by atoms with van der Waals surface area (Å²) in [5.41, 5.74) is 1.87. The number of rotatable bonds is 7. The highest BCUT2D eigenvalue weighted by molar-refractivity contribution is 5.03. The fourth-order valence-corrected chi connectivity index (χ4v) is 2.57. The van der Waals surface area contributed by atoms with E-state index in [0.29, 0.717) is 5.41 Å². The van der Waals surface area contributed by atoms with Crippen molar-refractivity contribution in [1.82, 2.24) is 15.6 Å². The van der Waals surface area contributed by atoms with Crippen LogP contribution in [0.2, 0.25) is 0 Å². The minimum absolute atomic E-state index is 0.546. The third-order valence-corrected chi connectivity index (χ3v) is 3.70. The van der Waals surface area contributed by atoms with Crippen LogP contribution in [0.3, 0.4) is 0 Å². The molecule has 0 unspecified atom stereocenters. The minimum Gasteiger partial charge on any atom is -0.365 e. The van der Waals surface area contributed by atoms with Gasteiger partial charge in [-0.15, -0.1) is 0 Å². The molecule has 2 rings (SSSR count). The number of hydrogen-bond acceptors (Lipinski definition) is 2. The van der Waals surface area contributed by atoms with Gasteiger partial charge >= 0.3 is 0 Å². The molecule has 0 saturated heterocycles. The standard InChI is InChI=1S/C13H23N3/c1-14-10-13(6-3-7-13)11-15-9-5-12-4-2-8-16-12/h2,4,8,14-16H,3,5-7,9-11H2,1H3. The molecule has 1 aromatic rings. The SMILES string of the molecule is CNCC1(CNCCc2ccc[nH]2)CCC1. The van der Waals surface area contributed by atoms with Crippen LogP contribution in [0.4, 0.5) is 0 Å². The summed E-state index contributed by atoms with van der Waals surface area (Å²) >= 11 is 0. The molecule has 90 valence electrons. The van der Waals surface area contributed by atoms with Gasteiger partial charge in [-0.2, -0.15) is 0 Å². The van der Waals surface area contributed by atoms with Gasteiger partial charge < -0.3 is 15.6 Å². The summed E-state index contributed by atoms with van der Waals surface area (Å²) in [5, 5.41) is 6.91. The van der Waals surface area contributed by atoms with Crippen LogP contribution in [0.1, 0.15) is 25.0 Å². The van der Waals surface area contributed by atoms with Crippen molar-refractivity contribution in [2.45, 2.75) is 25.7 Å². The van der Waals surface area contributed by atoms with Crippen molar-refractivity contribution in [3.8, 4) is 0 Å². The van der Waals surface area contributed by atoms with E-state index in [0.717, 1.165) is 26.1 Å². The number of aromatic nitrogens is 1. The van der Waals surface area contributed by atoms with Gasteiger partial charge in [0, 0.05) is 31.5 Å². The normalized spacial score (nSPS) is 18.3. The van der Waals surface area contributed by atoms with E-state index in [1.807, 2.05) is 6.20 Å². The summed E-state index contributed by atoms with van der Waals surface area (Å²) in [5.74, 6) is 0. The molecule has 0 amide bonds. The molecule has 3 heteroatoms. The van der Waals surface area contributed by atoms with Gasteiger partial charge in [-0.25, -0.2) is 0 Å². The average Bonchev–Trinajstić information content (AvgIpc) is 2.73. The Morgan fingerprint density at radius 1 is 1.38 bits per heavy atom. The molecule has 16 heavy (non-hydrogen) atoms. The first-order valence-corrected chi connectivity index (χ1v) is 6.32. The van der Waals surface area contributed by atoms with Crippen LogP contribution in [-0.2, 0) is 6.42 Å². The van der Waals surface area contributed by atoms with E-state index in [1.54, 1.807) is 0 Å². The zero-order valence-corrected chi connectivity index (χ0v) is 10.2. The summed E-state index contributed by atoms with van der Waals surface area (Å²) in [6.45, 7) is 3.39. The van der Waals surface area contributed by atoms with E-state index in [4.69, 9.17) is 0 Å². The maximum absolute atomic E-state index is 3.59. The molecular weight excluding hydrogens is 198 g/mol. The van der Waals surface area contributed by atoms with E-state index in [2.05, 4.69) is 34.8 Å². The van der Waals surface area contributed by atoms with Crippen LogP contribution in [0.25, 0.3) is 0 Å². The molecular formula is C13H23N3. The van der Waals surface area contributed by atoms with E-state index in [1.165, 1.54) is 25.0 Å². The Labute approximate surface area is 98.0 Å². The Morgan fingerprint density at radius 3 is 2.81 bits per heavy atom. The zero-order valence-electron chi connectivity index (χ0n) is 10.2. The van der Waals surface area contributed by atoms with Gasteiger partial charge in [0.25, 0.3) is 0 Å². The summed E-state index contributed by atoms with van der Waals surface area (Å²) < 4.78 is 0. The van der Waals surface area contributed by atoms with Crippen molar-refractivity contribution in [1.29, 1.82) is 0 Å². The molecule has 1 heterocycles. The first-order valence-electron chi connectivity index (χ1n) is 6.32. The summed E-state index contributed by atoms with van der Waals surface area (Å²) in [4.78, 5) is 3.24. The smallest absolute Gasteiger partial charge is 0.0159 e.